The van der Waals surface area contributed by atoms with Gasteiger partial charge in [-0.15, -0.1) is 0 Å². The maximum Gasteiger partial charge on any atom is 0.269 e. The molecule has 0 atom stereocenters. The van der Waals surface area contributed by atoms with E-state index in [0.29, 0.717) is 11.4 Å². The third-order valence-electron chi connectivity index (χ3n) is 3.16. The molecule has 6 nitrogen and oxygen atoms in total. The zero-order valence-electron chi connectivity index (χ0n) is 13.1. The molecule has 7 heteroatoms. The van der Waals surface area contributed by atoms with E-state index in [4.69, 9.17) is 4.52 Å². The minimum Gasteiger partial charge on any atom is -0.508 e. The first-order chi connectivity index (χ1) is 10.2. The molecule has 0 unspecified atom stereocenters. The topological polar surface area (TPSA) is 83.6 Å². The van der Waals surface area contributed by atoms with Gasteiger partial charge in [0.05, 0.1) is 5.69 Å². The summed E-state index contributed by atoms with van der Waals surface area (Å²) in [5.41, 5.74) is 0.736. The van der Waals surface area contributed by atoms with Gasteiger partial charge in [0.2, 0.25) is 0 Å². The molecule has 0 aliphatic heterocycles. The molecular formula is C15H20N2O4S. The van der Waals surface area contributed by atoms with Crippen LogP contribution in [-0.4, -0.2) is 25.2 Å². The van der Waals surface area contributed by atoms with Crippen molar-refractivity contribution in [1.82, 2.24) is 5.16 Å². The molecule has 0 saturated carbocycles. The lowest BCUT2D eigenvalue weighted by atomic mass is 10.2. The van der Waals surface area contributed by atoms with Crippen LogP contribution in [0.3, 0.4) is 0 Å². The normalized spacial score (nSPS) is 11.9. The van der Waals surface area contributed by atoms with Crippen LogP contribution in [0.2, 0.25) is 0 Å². The number of phenols is 1. The molecule has 120 valence electrons. The molecule has 0 fully saturated rings. The SMILES string of the molecule is Cc1noc(C)c1S(=O)(=O)N(CC(C)C)c1cccc(O)c1. The molecule has 2 aromatic rings. The third kappa shape index (κ3) is 3.09. The van der Waals surface area contributed by atoms with Crippen LogP contribution < -0.4 is 4.31 Å². The first-order valence-corrected chi connectivity index (χ1v) is 8.42. The van der Waals surface area contributed by atoms with Gasteiger partial charge in [-0.2, -0.15) is 0 Å². The van der Waals surface area contributed by atoms with Gasteiger partial charge in [-0.3, -0.25) is 4.31 Å². The Bertz CT molecular complexity index is 746. The summed E-state index contributed by atoms with van der Waals surface area (Å²) < 4.78 is 32.3. The standard InChI is InChI=1S/C15H20N2O4S/c1-10(2)9-17(13-6-5-7-14(18)8-13)22(19,20)15-11(3)16-21-12(15)4/h5-8,10,18H,9H2,1-4H3. The van der Waals surface area contributed by atoms with Crippen LogP contribution in [0.15, 0.2) is 33.7 Å². The Labute approximate surface area is 130 Å². The number of hydrogen-bond donors (Lipinski definition) is 1. The minimum atomic E-state index is -3.82. The van der Waals surface area contributed by atoms with Crippen molar-refractivity contribution in [3.05, 3.63) is 35.7 Å². The van der Waals surface area contributed by atoms with Crippen LogP contribution >= 0.6 is 0 Å². The maximum atomic E-state index is 13.0. The van der Waals surface area contributed by atoms with Crippen LogP contribution in [0.5, 0.6) is 5.75 Å². The first kappa shape index (κ1) is 16.4. The van der Waals surface area contributed by atoms with Gasteiger partial charge in [-0.05, 0) is 31.9 Å². The highest BCUT2D eigenvalue weighted by molar-refractivity contribution is 7.93. The lowest BCUT2D eigenvalue weighted by Crippen LogP contribution is -2.34. The van der Waals surface area contributed by atoms with Gasteiger partial charge in [-0.1, -0.05) is 25.1 Å². The maximum absolute atomic E-state index is 13.0. The quantitative estimate of drug-likeness (QED) is 0.914. The van der Waals surface area contributed by atoms with E-state index in [-0.39, 0.29) is 28.9 Å². The summed E-state index contributed by atoms with van der Waals surface area (Å²) in [6.45, 7) is 7.31. The predicted molar refractivity (Wildman–Crippen MR) is 83.5 cm³/mol. The second kappa shape index (κ2) is 6.00. The van der Waals surface area contributed by atoms with E-state index in [2.05, 4.69) is 5.16 Å². The number of anilines is 1. The van der Waals surface area contributed by atoms with Crippen molar-refractivity contribution in [2.75, 3.05) is 10.8 Å². The Hall–Kier alpha value is -2.02. The monoisotopic (exact) mass is 324 g/mol. The molecule has 1 aromatic carbocycles. The minimum absolute atomic E-state index is 0.0141. The van der Waals surface area contributed by atoms with E-state index in [9.17, 15) is 13.5 Å². The van der Waals surface area contributed by atoms with Crippen molar-refractivity contribution in [1.29, 1.82) is 0 Å². The van der Waals surface area contributed by atoms with Crippen molar-refractivity contribution in [3.8, 4) is 5.75 Å². The molecule has 1 heterocycles. The fourth-order valence-electron chi connectivity index (χ4n) is 2.28. The molecule has 2 rings (SSSR count). The van der Waals surface area contributed by atoms with E-state index in [0.717, 1.165) is 0 Å². The van der Waals surface area contributed by atoms with Crippen molar-refractivity contribution in [2.24, 2.45) is 5.92 Å². The number of aromatic nitrogens is 1. The van der Waals surface area contributed by atoms with Crippen LogP contribution in [0.25, 0.3) is 0 Å². The molecule has 0 saturated heterocycles. The van der Waals surface area contributed by atoms with E-state index < -0.39 is 10.0 Å². The second-order valence-corrected chi connectivity index (χ2v) is 7.40. The van der Waals surface area contributed by atoms with Gasteiger partial charge in [0, 0.05) is 12.6 Å². The van der Waals surface area contributed by atoms with Crippen LogP contribution in [0.4, 0.5) is 5.69 Å². The number of aryl methyl sites for hydroxylation is 2. The summed E-state index contributed by atoms with van der Waals surface area (Å²) in [4.78, 5) is 0.0801. The van der Waals surface area contributed by atoms with Gasteiger partial charge in [0.1, 0.15) is 11.4 Å². The second-order valence-electron chi connectivity index (χ2n) is 5.60. The van der Waals surface area contributed by atoms with Gasteiger partial charge in [0.25, 0.3) is 10.0 Å². The molecule has 22 heavy (non-hydrogen) atoms. The number of sulfonamides is 1. The van der Waals surface area contributed by atoms with E-state index in [1.807, 2.05) is 13.8 Å². The Balaban J connectivity index is 2.59. The van der Waals surface area contributed by atoms with Crippen molar-refractivity contribution in [3.63, 3.8) is 0 Å². The molecule has 0 aliphatic rings. The summed E-state index contributed by atoms with van der Waals surface area (Å²) in [6, 6.07) is 6.19. The van der Waals surface area contributed by atoms with Crippen LogP contribution in [-0.2, 0) is 10.0 Å². The first-order valence-electron chi connectivity index (χ1n) is 6.98. The largest absolute Gasteiger partial charge is 0.508 e. The smallest absolute Gasteiger partial charge is 0.269 e. The van der Waals surface area contributed by atoms with E-state index >= 15 is 0 Å². The fraction of sp³-hybridized carbons (Fsp3) is 0.400. The molecular weight excluding hydrogens is 304 g/mol. The Kier molecular flexibility index (Phi) is 4.46. The number of phenolic OH excluding ortho intramolecular Hbond substituents is 1. The van der Waals surface area contributed by atoms with Crippen molar-refractivity contribution >= 4 is 15.7 Å². The lowest BCUT2D eigenvalue weighted by Gasteiger charge is -2.26. The number of benzene rings is 1. The van der Waals surface area contributed by atoms with E-state index in [1.165, 1.54) is 16.4 Å². The molecule has 0 aliphatic carbocycles. The summed E-state index contributed by atoms with van der Waals surface area (Å²) in [5.74, 6) is 0.379. The summed E-state index contributed by atoms with van der Waals surface area (Å²) in [7, 11) is -3.82. The fourth-order valence-corrected chi connectivity index (χ4v) is 4.19. The molecule has 0 radical (unpaired) electrons. The third-order valence-corrected chi connectivity index (χ3v) is 5.20. The zero-order valence-corrected chi connectivity index (χ0v) is 13.9. The van der Waals surface area contributed by atoms with Gasteiger partial charge in [0.15, 0.2) is 10.7 Å². The van der Waals surface area contributed by atoms with Gasteiger partial charge < -0.3 is 9.63 Å². The highest BCUT2D eigenvalue weighted by Gasteiger charge is 2.31. The Morgan fingerprint density at radius 3 is 2.50 bits per heavy atom. The highest BCUT2D eigenvalue weighted by atomic mass is 32.2. The molecule has 0 amide bonds. The Morgan fingerprint density at radius 1 is 1.32 bits per heavy atom. The lowest BCUT2D eigenvalue weighted by molar-refractivity contribution is 0.390. The van der Waals surface area contributed by atoms with Gasteiger partial charge >= 0.3 is 0 Å². The predicted octanol–water partition coefficient (Wildman–Crippen LogP) is 2.85. The van der Waals surface area contributed by atoms with Gasteiger partial charge in [-0.25, -0.2) is 8.42 Å². The zero-order chi connectivity index (χ0) is 16.5. The molecule has 1 N–H and O–H groups in total. The van der Waals surface area contributed by atoms with Crippen molar-refractivity contribution < 1.29 is 18.0 Å². The average Bonchev–Trinajstić information content (AvgIpc) is 2.75. The van der Waals surface area contributed by atoms with Crippen molar-refractivity contribution in [2.45, 2.75) is 32.6 Å². The molecule has 0 bridgehead atoms. The van der Waals surface area contributed by atoms with Crippen LogP contribution in [0.1, 0.15) is 25.3 Å². The molecule has 1 aromatic heterocycles. The van der Waals surface area contributed by atoms with Crippen LogP contribution in [0, 0.1) is 19.8 Å². The number of rotatable bonds is 5. The summed E-state index contributed by atoms with van der Waals surface area (Å²) in [6.07, 6.45) is 0. The number of aromatic hydroxyl groups is 1. The van der Waals surface area contributed by atoms with E-state index in [1.54, 1.807) is 26.0 Å². The number of hydrogen-bond acceptors (Lipinski definition) is 5. The number of nitrogens with zero attached hydrogens (tertiary/aromatic N) is 2. The summed E-state index contributed by atoms with van der Waals surface area (Å²) >= 11 is 0. The molecule has 0 spiro atoms. The summed E-state index contributed by atoms with van der Waals surface area (Å²) in [5, 5.41) is 13.4. The average molecular weight is 324 g/mol. The highest BCUT2D eigenvalue weighted by Crippen LogP contribution is 2.30. The Morgan fingerprint density at radius 2 is 2.00 bits per heavy atom.